The zero-order valence-electron chi connectivity index (χ0n) is 17.6. The molecule has 5 nitrogen and oxygen atoms in total. The van der Waals surface area contributed by atoms with E-state index >= 15 is 0 Å². The summed E-state index contributed by atoms with van der Waals surface area (Å²) < 4.78 is 5.47. The van der Waals surface area contributed by atoms with Crippen LogP contribution in [0.2, 0.25) is 0 Å². The Morgan fingerprint density at radius 1 is 1.24 bits per heavy atom. The third kappa shape index (κ3) is 4.76. The molecule has 0 radical (unpaired) electrons. The van der Waals surface area contributed by atoms with Gasteiger partial charge < -0.3 is 9.64 Å². The summed E-state index contributed by atoms with van der Waals surface area (Å²) in [6, 6.07) is 11.9. The number of Topliss-reactive ketones (excluding diaryl/α,β-unsaturated/α-hetero) is 1. The minimum atomic E-state index is -0.550. The topological polar surface area (TPSA) is 70.4 Å². The lowest BCUT2D eigenvalue weighted by molar-refractivity contribution is 0.0172. The lowest BCUT2D eigenvalue weighted by Gasteiger charge is -2.33. The number of piperidine rings is 1. The normalized spacial score (nSPS) is 17.1. The van der Waals surface area contributed by atoms with E-state index in [9.17, 15) is 9.59 Å². The molecule has 0 bridgehead atoms. The van der Waals surface area contributed by atoms with Crippen LogP contribution in [0.5, 0.6) is 0 Å². The second kappa shape index (κ2) is 8.24. The predicted octanol–water partition coefficient (Wildman–Crippen LogP) is 5.04. The van der Waals surface area contributed by atoms with Crippen LogP contribution in [0.3, 0.4) is 0 Å². The van der Waals surface area contributed by atoms with E-state index in [1.165, 1.54) is 0 Å². The molecule has 152 valence electrons. The van der Waals surface area contributed by atoms with Gasteiger partial charge in [-0.3, -0.25) is 4.79 Å². The van der Waals surface area contributed by atoms with Crippen molar-refractivity contribution in [3.63, 3.8) is 0 Å². The number of nitrogens with zero attached hydrogens (tertiary/aromatic N) is 2. The van der Waals surface area contributed by atoms with Crippen molar-refractivity contribution in [2.24, 2.45) is 5.92 Å². The summed E-state index contributed by atoms with van der Waals surface area (Å²) in [5, 5.41) is 11.1. The van der Waals surface area contributed by atoms with E-state index in [0.717, 1.165) is 34.7 Å². The second-order valence-electron chi connectivity index (χ2n) is 8.76. The van der Waals surface area contributed by atoms with Crippen LogP contribution in [-0.2, 0) is 11.2 Å². The number of carbonyl (C=O) groups excluding carboxylic acids is 2. The number of ether oxygens (including phenoxy) is 1. The molecule has 0 aromatic heterocycles. The molecule has 2 aromatic rings. The van der Waals surface area contributed by atoms with Crippen molar-refractivity contribution in [1.82, 2.24) is 4.90 Å². The third-order valence-electron chi connectivity index (χ3n) is 5.35. The van der Waals surface area contributed by atoms with Gasteiger partial charge in [0.05, 0.1) is 12.5 Å². The highest BCUT2D eigenvalue weighted by molar-refractivity contribution is 6.02. The number of benzene rings is 2. The molecule has 1 atom stereocenters. The molecule has 1 amide bonds. The quantitative estimate of drug-likeness (QED) is 0.686. The van der Waals surface area contributed by atoms with Crippen LogP contribution in [0.4, 0.5) is 4.79 Å². The van der Waals surface area contributed by atoms with Crippen molar-refractivity contribution in [2.75, 3.05) is 13.1 Å². The molecular formula is C24H28N2O3. The second-order valence-corrected chi connectivity index (χ2v) is 8.76. The molecule has 1 saturated heterocycles. The largest absolute Gasteiger partial charge is 0.444 e. The van der Waals surface area contributed by atoms with E-state index in [1.54, 1.807) is 4.90 Å². The average molecular weight is 392 g/mol. The summed E-state index contributed by atoms with van der Waals surface area (Å²) in [5.74, 6) is -0.166. The lowest BCUT2D eigenvalue weighted by atomic mass is 9.88. The van der Waals surface area contributed by atoms with Gasteiger partial charge in [0.1, 0.15) is 5.60 Å². The van der Waals surface area contributed by atoms with Crippen LogP contribution < -0.4 is 0 Å². The van der Waals surface area contributed by atoms with E-state index in [4.69, 9.17) is 10.00 Å². The number of likely N-dealkylation sites (tertiary alicyclic amines) is 1. The Morgan fingerprint density at radius 3 is 2.69 bits per heavy atom. The standard InChI is InChI=1S/C24H28N2O3/c1-16-7-8-17-14-18(9-10-21(17)20(16)11-12-25)22(27)19-6-5-13-26(15-19)23(28)29-24(2,3)4/h7-10,14,19H,5-6,11,13,15H2,1-4H3. The Kier molecular flexibility index (Phi) is 5.93. The zero-order chi connectivity index (χ0) is 21.2. The first-order valence-corrected chi connectivity index (χ1v) is 10.1. The minimum Gasteiger partial charge on any atom is -0.444 e. The summed E-state index contributed by atoms with van der Waals surface area (Å²) in [6.45, 7) is 8.53. The number of nitriles is 1. The Bertz CT molecular complexity index is 982. The minimum absolute atomic E-state index is 0.0579. The van der Waals surface area contributed by atoms with Crippen molar-refractivity contribution in [3.8, 4) is 6.07 Å². The van der Waals surface area contributed by atoms with Gasteiger partial charge in [0.15, 0.2) is 5.78 Å². The van der Waals surface area contributed by atoms with Crippen LogP contribution >= 0.6 is 0 Å². The average Bonchev–Trinajstić information content (AvgIpc) is 2.68. The van der Waals surface area contributed by atoms with Crippen LogP contribution in [0.1, 0.15) is 55.1 Å². The molecule has 1 unspecified atom stereocenters. The predicted molar refractivity (Wildman–Crippen MR) is 113 cm³/mol. The Morgan fingerprint density at radius 2 is 2.00 bits per heavy atom. The number of rotatable bonds is 3. The molecule has 1 aliphatic rings. The lowest BCUT2D eigenvalue weighted by Crippen LogP contribution is -2.44. The summed E-state index contributed by atoms with van der Waals surface area (Å²) in [6.07, 6.45) is 1.55. The molecule has 29 heavy (non-hydrogen) atoms. The first-order chi connectivity index (χ1) is 13.7. The number of aryl methyl sites for hydroxylation is 1. The van der Waals surface area contributed by atoms with Crippen molar-refractivity contribution < 1.29 is 14.3 Å². The molecule has 0 aliphatic carbocycles. The molecule has 0 saturated carbocycles. The van der Waals surface area contributed by atoms with Gasteiger partial charge >= 0.3 is 6.09 Å². The first kappa shape index (κ1) is 20.9. The van der Waals surface area contributed by atoms with Gasteiger partial charge in [-0.05, 0) is 68.5 Å². The maximum Gasteiger partial charge on any atom is 0.410 e. The van der Waals surface area contributed by atoms with Crippen LogP contribution in [0.15, 0.2) is 30.3 Å². The molecule has 5 heteroatoms. The van der Waals surface area contributed by atoms with E-state index < -0.39 is 5.60 Å². The number of amides is 1. The third-order valence-corrected chi connectivity index (χ3v) is 5.35. The van der Waals surface area contributed by atoms with E-state index in [1.807, 2.05) is 58.0 Å². The number of hydrogen-bond donors (Lipinski definition) is 0. The number of fused-ring (bicyclic) bond motifs is 1. The van der Waals surface area contributed by atoms with Gasteiger partial charge in [0.2, 0.25) is 0 Å². The SMILES string of the molecule is Cc1ccc2cc(C(=O)C3CCCN(C(=O)OC(C)(C)C)C3)ccc2c1CC#N. The molecule has 1 aliphatic heterocycles. The maximum absolute atomic E-state index is 13.1. The van der Waals surface area contributed by atoms with E-state index in [2.05, 4.69) is 6.07 Å². The van der Waals surface area contributed by atoms with Gasteiger partial charge in [-0.2, -0.15) is 5.26 Å². The number of ketones is 1. The van der Waals surface area contributed by atoms with Crippen molar-refractivity contribution in [1.29, 1.82) is 5.26 Å². The van der Waals surface area contributed by atoms with Crippen molar-refractivity contribution in [3.05, 3.63) is 47.0 Å². The highest BCUT2D eigenvalue weighted by Gasteiger charge is 2.31. The van der Waals surface area contributed by atoms with E-state index in [0.29, 0.717) is 25.1 Å². The van der Waals surface area contributed by atoms with Crippen LogP contribution in [0, 0.1) is 24.2 Å². The molecule has 1 fully saturated rings. The van der Waals surface area contributed by atoms with Gasteiger partial charge in [-0.1, -0.05) is 24.3 Å². The van der Waals surface area contributed by atoms with Crippen molar-refractivity contribution >= 4 is 22.6 Å². The monoisotopic (exact) mass is 392 g/mol. The first-order valence-electron chi connectivity index (χ1n) is 10.1. The van der Waals surface area contributed by atoms with Crippen LogP contribution in [0.25, 0.3) is 10.8 Å². The fourth-order valence-electron chi connectivity index (χ4n) is 3.89. The molecular weight excluding hydrogens is 364 g/mol. The Balaban J connectivity index is 1.81. The summed E-state index contributed by atoms with van der Waals surface area (Å²) in [5.41, 5.74) is 2.20. The van der Waals surface area contributed by atoms with E-state index in [-0.39, 0.29) is 17.8 Å². The fraction of sp³-hybridized carbons (Fsp3) is 0.458. The summed E-state index contributed by atoms with van der Waals surface area (Å²) in [7, 11) is 0. The highest BCUT2D eigenvalue weighted by atomic mass is 16.6. The van der Waals surface area contributed by atoms with Crippen LogP contribution in [-0.4, -0.2) is 35.5 Å². The maximum atomic E-state index is 13.1. The van der Waals surface area contributed by atoms with Crippen molar-refractivity contribution in [2.45, 2.75) is 52.6 Å². The van der Waals surface area contributed by atoms with Gasteiger partial charge in [0, 0.05) is 24.6 Å². The van der Waals surface area contributed by atoms with Gasteiger partial charge in [-0.15, -0.1) is 0 Å². The molecule has 0 N–H and O–H groups in total. The molecule has 2 aromatic carbocycles. The highest BCUT2D eigenvalue weighted by Crippen LogP contribution is 2.27. The summed E-state index contributed by atoms with van der Waals surface area (Å²) in [4.78, 5) is 27.2. The number of hydrogen-bond acceptors (Lipinski definition) is 4. The summed E-state index contributed by atoms with van der Waals surface area (Å²) >= 11 is 0. The zero-order valence-corrected chi connectivity index (χ0v) is 17.6. The van der Waals surface area contributed by atoms with Gasteiger partial charge in [0.25, 0.3) is 0 Å². The Labute approximate surface area is 172 Å². The van der Waals surface area contributed by atoms with Gasteiger partial charge in [-0.25, -0.2) is 4.79 Å². The Hall–Kier alpha value is -2.87. The molecule has 0 spiro atoms. The molecule has 1 heterocycles. The smallest absolute Gasteiger partial charge is 0.410 e. The molecule has 3 rings (SSSR count). The fourth-order valence-corrected chi connectivity index (χ4v) is 3.89. The number of carbonyl (C=O) groups is 2.